The van der Waals surface area contributed by atoms with Gasteiger partial charge in [-0.25, -0.2) is 5.43 Å². The van der Waals surface area contributed by atoms with E-state index in [1.807, 2.05) is 61.5 Å². The van der Waals surface area contributed by atoms with Crippen molar-refractivity contribution in [2.45, 2.75) is 6.92 Å². The topological polar surface area (TPSA) is 70.1 Å². The van der Waals surface area contributed by atoms with Crippen molar-refractivity contribution in [3.05, 3.63) is 90.1 Å². The van der Waals surface area contributed by atoms with Gasteiger partial charge in [0.25, 0.3) is 5.91 Å². The Bertz CT molecular complexity index is 1130. The molecule has 0 fully saturated rings. The number of carbonyl (C=O) groups is 1. The molecule has 3 aromatic carbocycles. The molecule has 1 aromatic heterocycles. The lowest BCUT2D eigenvalue weighted by molar-refractivity contribution is 0.0950. The van der Waals surface area contributed by atoms with Crippen molar-refractivity contribution in [3.8, 4) is 11.3 Å². The zero-order chi connectivity index (χ0) is 18.6. The molecule has 132 valence electrons. The van der Waals surface area contributed by atoms with E-state index in [1.165, 1.54) is 5.39 Å². The molecule has 0 bridgehead atoms. The molecule has 5 heteroatoms. The smallest absolute Gasteiger partial charge is 0.272 e. The van der Waals surface area contributed by atoms with Crippen molar-refractivity contribution < 1.29 is 4.79 Å². The summed E-state index contributed by atoms with van der Waals surface area (Å²) in [5.74, 6) is -0.329. The number of fused-ring (bicyclic) bond motifs is 1. The van der Waals surface area contributed by atoms with E-state index in [0.717, 1.165) is 27.9 Å². The van der Waals surface area contributed by atoms with Gasteiger partial charge in [0.15, 0.2) is 0 Å². The predicted octanol–water partition coefficient (Wildman–Crippen LogP) is 4.38. The summed E-state index contributed by atoms with van der Waals surface area (Å²) >= 11 is 0. The molecule has 0 saturated heterocycles. The molecule has 0 atom stereocenters. The van der Waals surface area contributed by atoms with Crippen LogP contribution in [-0.2, 0) is 0 Å². The molecule has 0 spiro atoms. The Hall–Kier alpha value is -3.73. The summed E-state index contributed by atoms with van der Waals surface area (Å²) in [5.41, 5.74) is 6.29. The fourth-order valence-corrected chi connectivity index (χ4v) is 2.87. The summed E-state index contributed by atoms with van der Waals surface area (Å²) in [6, 6.07) is 25.7. The standard InChI is InChI=1S/C22H18N4O/c1-15(16-7-3-2-4-8-16)23-26-22(27)21-14-20(24-25-21)19-12-11-17-9-5-6-10-18(17)13-19/h2-14H,1H3,(H,24,25)(H,26,27). The number of hydrogen-bond donors (Lipinski definition) is 2. The van der Waals surface area contributed by atoms with Crippen molar-refractivity contribution >= 4 is 22.4 Å². The second-order valence-electron chi connectivity index (χ2n) is 6.23. The molecule has 0 aliphatic heterocycles. The highest BCUT2D eigenvalue weighted by Crippen LogP contribution is 2.23. The maximum Gasteiger partial charge on any atom is 0.289 e. The van der Waals surface area contributed by atoms with Gasteiger partial charge in [-0.3, -0.25) is 9.89 Å². The minimum absolute atomic E-state index is 0.329. The molecule has 1 amide bonds. The number of amides is 1. The first-order chi connectivity index (χ1) is 13.2. The molecule has 0 aliphatic rings. The average Bonchev–Trinajstić information content (AvgIpc) is 3.22. The predicted molar refractivity (Wildman–Crippen MR) is 108 cm³/mol. The van der Waals surface area contributed by atoms with E-state index >= 15 is 0 Å². The van der Waals surface area contributed by atoms with Crippen LogP contribution >= 0.6 is 0 Å². The Kier molecular flexibility index (Phi) is 4.49. The number of benzene rings is 3. The Labute approximate surface area is 156 Å². The molecule has 5 nitrogen and oxygen atoms in total. The summed E-state index contributed by atoms with van der Waals surface area (Å²) < 4.78 is 0. The molecule has 27 heavy (non-hydrogen) atoms. The Morgan fingerprint density at radius 2 is 1.67 bits per heavy atom. The summed E-state index contributed by atoms with van der Waals surface area (Å²) in [4.78, 5) is 12.3. The number of hydrogen-bond acceptors (Lipinski definition) is 3. The SMILES string of the molecule is CC(=NNC(=O)c1cc(-c2ccc3ccccc3c2)n[nH]1)c1ccccc1. The van der Waals surface area contributed by atoms with Gasteiger partial charge in [-0.05, 0) is 35.4 Å². The zero-order valence-corrected chi connectivity index (χ0v) is 14.8. The molecule has 1 heterocycles. The second-order valence-corrected chi connectivity index (χ2v) is 6.23. The van der Waals surface area contributed by atoms with Gasteiger partial charge in [0.2, 0.25) is 0 Å². The lowest BCUT2D eigenvalue weighted by atomic mass is 10.1. The fraction of sp³-hybridized carbons (Fsp3) is 0.0455. The molecule has 4 rings (SSSR count). The minimum Gasteiger partial charge on any atom is -0.272 e. The quantitative estimate of drug-likeness (QED) is 0.422. The molecular weight excluding hydrogens is 336 g/mol. The number of aromatic amines is 1. The highest BCUT2D eigenvalue weighted by atomic mass is 16.2. The third-order valence-corrected chi connectivity index (χ3v) is 4.38. The van der Waals surface area contributed by atoms with E-state index < -0.39 is 0 Å². The Balaban J connectivity index is 1.52. The van der Waals surface area contributed by atoms with Crippen LogP contribution in [0.5, 0.6) is 0 Å². The van der Waals surface area contributed by atoms with Gasteiger partial charge in [0.1, 0.15) is 5.69 Å². The molecule has 4 aromatic rings. The van der Waals surface area contributed by atoms with Crippen molar-refractivity contribution in [2.75, 3.05) is 0 Å². The van der Waals surface area contributed by atoms with Crippen molar-refractivity contribution in [3.63, 3.8) is 0 Å². The number of carbonyl (C=O) groups excluding carboxylic acids is 1. The summed E-state index contributed by atoms with van der Waals surface area (Å²) in [6.45, 7) is 1.85. The van der Waals surface area contributed by atoms with Gasteiger partial charge < -0.3 is 0 Å². The molecule has 0 saturated carbocycles. The van der Waals surface area contributed by atoms with Crippen LogP contribution in [0.25, 0.3) is 22.0 Å². The van der Waals surface area contributed by atoms with Crippen molar-refractivity contribution in [2.24, 2.45) is 5.10 Å². The molecular formula is C22H18N4O. The van der Waals surface area contributed by atoms with E-state index in [9.17, 15) is 4.79 Å². The lowest BCUT2D eigenvalue weighted by Crippen LogP contribution is -2.19. The minimum atomic E-state index is -0.329. The third kappa shape index (κ3) is 3.62. The normalized spacial score (nSPS) is 11.5. The van der Waals surface area contributed by atoms with Crippen LogP contribution in [0.15, 0.2) is 84.0 Å². The first kappa shape index (κ1) is 16.7. The van der Waals surface area contributed by atoms with E-state index in [2.05, 4.69) is 38.9 Å². The average molecular weight is 354 g/mol. The number of H-pyrrole nitrogens is 1. The van der Waals surface area contributed by atoms with Crippen LogP contribution in [0, 0.1) is 0 Å². The number of nitrogens with one attached hydrogen (secondary N) is 2. The van der Waals surface area contributed by atoms with Crippen LogP contribution in [0.2, 0.25) is 0 Å². The number of rotatable bonds is 4. The van der Waals surface area contributed by atoms with Gasteiger partial charge in [-0.1, -0.05) is 66.7 Å². The van der Waals surface area contributed by atoms with E-state index in [0.29, 0.717) is 5.69 Å². The monoisotopic (exact) mass is 354 g/mol. The highest BCUT2D eigenvalue weighted by molar-refractivity contribution is 6.00. The van der Waals surface area contributed by atoms with Crippen LogP contribution in [0.4, 0.5) is 0 Å². The van der Waals surface area contributed by atoms with Crippen LogP contribution in [0.3, 0.4) is 0 Å². The molecule has 0 unspecified atom stereocenters. The number of nitrogens with zero attached hydrogens (tertiary/aromatic N) is 2. The van der Waals surface area contributed by atoms with Gasteiger partial charge >= 0.3 is 0 Å². The summed E-state index contributed by atoms with van der Waals surface area (Å²) in [6.07, 6.45) is 0. The second kappa shape index (κ2) is 7.25. The Morgan fingerprint density at radius 3 is 2.48 bits per heavy atom. The zero-order valence-electron chi connectivity index (χ0n) is 14.8. The fourth-order valence-electron chi connectivity index (χ4n) is 2.87. The summed E-state index contributed by atoms with van der Waals surface area (Å²) in [7, 11) is 0. The van der Waals surface area contributed by atoms with Crippen LogP contribution < -0.4 is 5.43 Å². The van der Waals surface area contributed by atoms with Gasteiger partial charge in [0.05, 0.1) is 11.4 Å². The van der Waals surface area contributed by atoms with E-state index in [4.69, 9.17) is 0 Å². The Morgan fingerprint density at radius 1 is 0.926 bits per heavy atom. The number of hydrazone groups is 1. The third-order valence-electron chi connectivity index (χ3n) is 4.38. The maximum atomic E-state index is 12.3. The highest BCUT2D eigenvalue weighted by Gasteiger charge is 2.11. The van der Waals surface area contributed by atoms with Gasteiger partial charge in [-0.2, -0.15) is 10.2 Å². The molecule has 0 aliphatic carbocycles. The van der Waals surface area contributed by atoms with Crippen molar-refractivity contribution in [1.29, 1.82) is 0 Å². The van der Waals surface area contributed by atoms with Gasteiger partial charge in [0, 0.05) is 5.56 Å². The van der Waals surface area contributed by atoms with Crippen LogP contribution in [0.1, 0.15) is 23.0 Å². The van der Waals surface area contributed by atoms with E-state index in [1.54, 1.807) is 6.07 Å². The van der Waals surface area contributed by atoms with Crippen LogP contribution in [-0.4, -0.2) is 21.8 Å². The summed E-state index contributed by atoms with van der Waals surface area (Å²) in [5, 5.41) is 13.5. The maximum absolute atomic E-state index is 12.3. The molecule has 0 radical (unpaired) electrons. The molecule has 2 N–H and O–H groups in total. The van der Waals surface area contributed by atoms with Gasteiger partial charge in [-0.15, -0.1) is 0 Å². The lowest BCUT2D eigenvalue weighted by Gasteiger charge is -2.01. The largest absolute Gasteiger partial charge is 0.289 e. The first-order valence-electron chi connectivity index (χ1n) is 8.65. The van der Waals surface area contributed by atoms with Crippen molar-refractivity contribution in [1.82, 2.24) is 15.6 Å². The van der Waals surface area contributed by atoms with E-state index in [-0.39, 0.29) is 5.91 Å². The number of aromatic nitrogens is 2. The first-order valence-corrected chi connectivity index (χ1v) is 8.65.